The van der Waals surface area contributed by atoms with E-state index in [1.54, 1.807) is 0 Å². The van der Waals surface area contributed by atoms with Gasteiger partial charge >= 0.3 is 0 Å². The highest BCUT2D eigenvalue weighted by Gasteiger charge is 2.42. The van der Waals surface area contributed by atoms with E-state index in [0.29, 0.717) is 11.2 Å². The summed E-state index contributed by atoms with van der Waals surface area (Å²) >= 11 is 6.01. The van der Waals surface area contributed by atoms with Crippen molar-refractivity contribution in [2.24, 2.45) is 0 Å². The quantitative estimate of drug-likeness (QED) is 0.213. The molecule has 5 aromatic rings. The highest BCUT2D eigenvalue weighted by atomic mass is 32.1. The molecule has 5 nitrogen and oxygen atoms in total. The lowest BCUT2D eigenvalue weighted by atomic mass is 9.96. The molecular formula is C35H34N4OS. The van der Waals surface area contributed by atoms with Gasteiger partial charge in [-0.2, -0.15) is 0 Å². The molecule has 0 bridgehead atoms. The average molecular weight is 559 g/mol. The van der Waals surface area contributed by atoms with Crippen LogP contribution in [0.25, 0.3) is 16.5 Å². The van der Waals surface area contributed by atoms with Crippen LogP contribution in [-0.4, -0.2) is 20.8 Å². The number of nitrogens with one attached hydrogen (secondary N) is 1. The Balaban J connectivity index is 1.32. The molecule has 3 aromatic carbocycles. The fraction of sp³-hybridized carbons (Fsp3) is 0.257. The molecule has 1 aliphatic carbocycles. The third-order valence-corrected chi connectivity index (χ3v) is 8.93. The molecule has 2 atom stereocenters. The molecular weight excluding hydrogens is 524 g/mol. The van der Waals surface area contributed by atoms with Crippen LogP contribution >= 0.6 is 12.2 Å². The smallest absolute Gasteiger partial charge is 0.174 e. The van der Waals surface area contributed by atoms with Gasteiger partial charge in [-0.1, -0.05) is 42.5 Å². The SMILES string of the molecule is Cc1cc([C@H]2[C@H](c3ccccn3)NC(=S)N2c2ccc(OC3CCCC3)cc2)c(C)n1-c1cccc2ccccc12. The van der Waals surface area contributed by atoms with Gasteiger partial charge in [-0.05, 0) is 111 Å². The normalized spacial score (nSPS) is 19.2. The number of rotatable bonds is 6. The Bertz CT molecular complexity index is 1700. The third kappa shape index (κ3) is 4.66. The van der Waals surface area contributed by atoms with Crippen LogP contribution in [0.2, 0.25) is 0 Å². The number of anilines is 1. The molecule has 1 N–H and O–H groups in total. The first-order valence-corrected chi connectivity index (χ1v) is 14.9. The second-order valence-electron chi connectivity index (χ2n) is 11.2. The molecule has 0 radical (unpaired) electrons. The summed E-state index contributed by atoms with van der Waals surface area (Å²) in [5.41, 5.74) is 6.81. The Hall–Kier alpha value is -4.16. The van der Waals surface area contributed by atoms with Gasteiger partial charge < -0.3 is 19.5 Å². The minimum absolute atomic E-state index is 0.0751. The number of pyridine rings is 1. The van der Waals surface area contributed by atoms with Crippen molar-refractivity contribution >= 4 is 33.8 Å². The number of aryl methyl sites for hydroxylation is 1. The molecule has 2 aliphatic rings. The molecule has 0 amide bonds. The molecule has 206 valence electrons. The standard InChI is InChI=1S/C35H34N4OS/c1-23-22-30(24(2)38(23)32-16-9-11-25-10-3-6-14-29(25)32)34-33(31-15-7-8-21-36-31)37-35(41)39(34)26-17-19-28(20-18-26)40-27-12-4-5-13-27/h3,6-11,14-22,27,33-34H,4-5,12-13H2,1-2H3,(H,37,41)/t33-,34-/m0/s1. The molecule has 1 saturated heterocycles. The number of hydrogen-bond acceptors (Lipinski definition) is 3. The summed E-state index contributed by atoms with van der Waals surface area (Å²) in [5, 5.41) is 6.79. The van der Waals surface area contributed by atoms with E-state index >= 15 is 0 Å². The summed E-state index contributed by atoms with van der Waals surface area (Å²) < 4.78 is 8.64. The second-order valence-corrected chi connectivity index (χ2v) is 11.6. The van der Waals surface area contributed by atoms with Crippen LogP contribution in [0, 0.1) is 13.8 Å². The van der Waals surface area contributed by atoms with Crippen LogP contribution < -0.4 is 15.0 Å². The van der Waals surface area contributed by atoms with Crippen molar-refractivity contribution in [2.75, 3.05) is 4.90 Å². The predicted octanol–water partition coefficient (Wildman–Crippen LogP) is 8.14. The van der Waals surface area contributed by atoms with Crippen molar-refractivity contribution in [1.82, 2.24) is 14.9 Å². The Morgan fingerprint density at radius 2 is 1.63 bits per heavy atom. The van der Waals surface area contributed by atoms with Gasteiger partial charge in [0.25, 0.3) is 0 Å². The van der Waals surface area contributed by atoms with Crippen molar-refractivity contribution in [3.05, 3.63) is 120 Å². The minimum atomic E-state index is -0.0976. The molecule has 2 fully saturated rings. The summed E-state index contributed by atoms with van der Waals surface area (Å²) in [5.74, 6) is 0.922. The van der Waals surface area contributed by atoms with E-state index in [-0.39, 0.29) is 12.1 Å². The summed E-state index contributed by atoms with van der Waals surface area (Å²) in [6.45, 7) is 4.41. The van der Waals surface area contributed by atoms with Crippen molar-refractivity contribution in [3.8, 4) is 11.4 Å². The van der Waals surface area contributed by atoms with Crippen molar-refractivity contribution in [1.29, 1.82) is 0 Å². The molecule has 0 spiro atoms. The van der Waals surface area contributed by atoms with Crippen molar-refractivity contribution in [2.45, 2.75) is 57.7 Å². The lowest BCUT2D eigenvalue weighted by Crippen LogP contribution is -2.29. The van der Waals surface area contributed by atoms with Crippen molar-refractivity contribution in [3.63, 3.8) is 0 Å². The summed E-state index contributed by atoms with van der Waals surface area (Å²) in [7, 11) is 0. The number of aromatic nitrogens is 2. The van der Waals surface area contributed by atoms with E-state index < -0.39 is 0 Å². The zero-order valence-corrected chi connectivity index (χ0v) is 24.3. The van der Waals surface area contributed by atoms with E-state index in [1.165, 1.54) is 46.3 Å². The van der Waals surface area contributed by atoms with Crippen LogP contribution in [0.5, 0.6) is 5.75 Å². The highest BCUT2D eigenvalue weighted by Crippen LogP contribution is 2.44. The van der Waals surface area contributed by atoms with E-state index in [9.17, 15) is 0 Å². The summed E-state index contributed by atoms with van der Waals surface area (Å²) in [6.07, 6.45) is 6.98. The van der Waals surface area contributed by atoms with Gasteiger partial charge in [0, 0.05) is 28.7 Å². The Morgan fingerprint density at radius 1 is 0.878 bits per heavy atom. The molecule has 1 saturated carbocycles. The topological polar surface area (TPSA) is 42.3 Å². The van der Waals surface area contributed by atoms with Gasteiger partial charge in [-0.15, -0.1) is 0 Å². The molecule has 1 aliphatic heterocycles. The van der Waals surface area contributed by atoms with E-state index in [4.69, 9.17) is 21.9 Å². The first kappa shape index (κ1) is 25.8. The maximum absolute atomic E-state index is 6.26. The fourth-order valence-electron chi connectivity index (χ4n) is 6.69. The summed E-state index contributed by atoms with van der Waals surface area (Å²) in [6, 6.07) is 31.8. The second kappa shape index (κ2) is 10.7. The Labute approximate surface area is 246 Å². The molecule has 3 heterocycles. The molecule has 41 heavy (non-hydrogen) atoms. The molecule has 0 unspecified atom stereocenters. The third-order valence-electron chi connectivity index (χ3n) is 8.61. The number of fused-ring (bicyclic) bond motifs is 1. The Kier molecular flexibility index (Phi) is 6.71. The Morgan fingerprint density at radius 3 is 2.41 bits per heavy atom. The molecule has 6 heteroatoms. The van der Waals surface area contributed by atoms with Gasteiger partial charge in [-0.25, -0.2) is 0 Å². The number of ether oxygens (including phenoxy) is 1. The van der Waals surface area contributed by atoms with E-state index in [1.807, 2.05) is 18.3 Å². The van der Waals surface area contributed by atoms with Crippen LogP contribution in [0.4, 0.5) is 5.69 Å². The minimum Gasteiger partial charge on any atom is -0.490 e. The van der Waals surface area contributed by atoms with Gasteiger partial charge in [-0.3, -0.25) is 4.98 Å². The number of thiocarbonyl (C=S) groups is 1. The highest BCUT2D eigenvalue weighted by molar-refractivity contribution is 7.80. The van der Waals surface area contributed by atoms with Gasteiger partial charge in [0.2, 0.25) is 0 Å². The lowest BCUT2D eigenvalue weighted by molar-refractivity contribution is 0.210. The fourth-order valence-corrected chi connectivity index (χ4v) is 7.04. The van der Waals surface area contributed by atoms with E-state index in [2.05, 4.69) is 107 Å². The molecule has 7 rings (SSSR count). The van der Waals surface area contributed by atoms with Gasteiger partial charge in [0.05, 0.1) is 29.6 Å². The largest absolute Gasteiger partial charge is 0.490 e. The first-order valence-electron chi connectivity index (χ1n) is 14.5. The zero-order chi connectivity index (χ0) is 27.9. The number of nitrogens with zero attached hydrogens (tertiary/aromatic N) is 3. The van der Waals surface area contributed by atoms with Crippen LogP contribution in [0.1, 0.15) is 60.4 Å². The first-order chi connectivity index (χ1) is 20.1. The van der Waals surface area contributed by atoms with Crippen molar-refractivity contribution < 1.29 is 4.74 Å². The van der Waals surface area contributed by atoms with Gasteiger partial charge in [0.1, 0.15) is 5.75 Å². The maximum atomic E-state index is 6.26. The average Bonchev–Trinajstić information content (AvgIpc) is 3.71. The van der Waals surface area contributed by atoms with E-state index in [0.717, 1.165) is 30.0 Å². The maximum Gasteiger partial charge on any atom is 0.174 e. The van der Waals surface area contributed by atoms with Crippen LogP contribution in [-0.2, 0) is 0 Å². The number of hydrogen-bond donors (Lipinski definition) is 1. The summed E-state index contributed by atoms with van der Waals surface area (Å²) in [4.78, 5) is 7.01. The van der Waals surface area contributed by atoms with Crippen LogP contribution in [0.15, 0.2) is 97.2 Å². The zero-order valence-electron chi connectivity index (χ0n) is 23.5. The number of benzene rings is 3. The van der Waals surface area contributed by atoms with Crippen LogP contribution in [0.3, 0.4) is 0 Å². The molecule has 2 aromatic heterocycles. The monoisotopic (exact) mass is 558 g/mol. The predicted molar refractivity (Wildman–Crippen MR) is 170 cm³/mol. The van der Waals surface area contributed by atoms with Gasteiger partial charge in [0.15, 0.2) is 5.11 Å². The lowest BCUT2D eigenvalue weighted by Gasteiger charge is -2.28.